The van der Waals surface area contributed by atoms with Crippen molar-refractivity contribution in [1.82, 2.24) is 5.32 Å². The zero-order valence-electron chi connectivity index (χ0n) is 11.7. The molecule has 1 N–H and O–H groups in total. The van der Waals surface area contributed by atoms with Crippen molar-refractivity contribution in [3.8, 4) is 0 Å². The molecule has 0 aromatic carbocycles. The molecular formula is C16H25NO. The van der Waals surface area contributed by atoms with E-state index in [9.17, 15) is 4.79 Å². The summed E-state index contributed by atoms with van der Waals surface area (Å²) in [4.78, 5) is 11.3. The number of unbranched alkanes of at least 4 members (excludes halogenated alkanes) is 1. The first-order valence-corrected chi connectivity index (χ1v) is 6.55. The maximum atomic E-state index is 11.3. The summed E-state index contributed by atoms with van der Waals surface area (Å²) in [6.07, 6.45) is 17.5. The Hall–Kier alpha value is -1.57. The van der Waals surface area contributed by atoms with Gasteiger partial charge in [-0.05, 0) is 31.8 Å². The zero-order valence-corrected chi connectivity index (χ0v) is 11.7. The number of carbonyl (C=O) groups excluding carboxylic acids is 1. The molecule has 0 atom stereocenters. The molecule has 0 rings (SSSR count). The lowest BCUT2D eigenvalue weighted by atomic mass is 10.2. The normalized spacial score (nSPS) is 12.7. The molecular weight excluding hydrogens is 222 g/mol. The third-order valence-electron chi connectivity index (χ3n) is 2.12. The highest BCUT2D eigenvalue weighted by Gasteiger charge is 1.96. The molecule has 0 aliphatic rings. The van der Waals surface area contributed by atoms with Gasteiger partial charge in [-0.1, -0.05) is 56.4 Å². The molecule has 0 aromatic rings. The average molecular weight is 247 g/mol. The van der Waals surface area contributed by atoms with Crippen molar-refractivity contribution in [3.05, 3.63) is 48.6 Å². The zero-order chi connectivity index (χ0) is 13.6. The van der Waals surface area contributed by atoms with Gasteiger partial charge in [0.1, 0.15) is 0 Å². The number of rotatable bonds is 8. The SMILES string of the molecule is C/C=C/C=C/C=C\CC/C=C/C(=O)NCC(C)C. The van der Waals surface area contributed by atoms with Crippen LogP contribution in [0.15, 0.2) is 48.6 Å². The summed E-state index contributed by atoms with van der Waals surface area (Å²) in [5.41, 5.74) is 0. The summed E-state index contributed by atoms with van der Waals surface area (Å²) in [5, 5.41) is 2.84. The van der Waals surface area contributed by atoms with E-state index in [-0.39, 0.29) is 5.91 Å². The van der Waals surface area contributed by atoms with E-state index in [1.807, 2.05) is 43.4 Å². The van der Waals surface area contributed by atoms with E-state index >= 15 is 0 Å². The molecule has 0 aromatic heterocycles. The van der Waals surface area contributed by atoms with E-state index in [2.05, 4.69) is 25.2 Å². The Labute approximate surface area is 111 Å². The smallest absolute Gasteiger partial charge is 0.243 e. The molecule has 0 aliphatic carbocycles. The lowest BCUT2D eigenvalue weighted by molar-refractivity contribution is -0.116. The van der Waals surface area contributed by atoms with E-state index in [4.69, 9.17) is 0 Å². The van der Waals surface area contributed by atoms with Crippen LogP contribution in [-0.4, -0.2) is 12.5 Å². The van der Waals surface area contributed by atoms with Crippen molar-refractivity contribution >= 4 is 5.91 Å². The van der Waals surface area contributed by atoms with E-state index < -0.39 is 0 Å². The van der Waals surface area contributed by atoms with E-state index in [0.717, 1.165) is 19.4 Å². The van der Waals surface area contributed by atoms with E-state index in [1.165, 1.54) is 0 Å². The average Bonchev–Trinajstić information content (AvgIpc) is 2.34. The van der Waals surface area contributed by atoms with Gasteiger partial charge in [0.25, 0.3) is 0 Å². The van der Waals surface area contributed by atoms with Crippen LogP contribution in [0.2, 0.25) is 0 Å². The van der Waals surface area contributed by atoms with Crippen molar-refractivity contribution < 1.29 is 4.79 Å². The fraction of sp³-hybridized carbons (Fsp3) is 0.438. The van der Waals surface area contributed by atoms with Crippen LogP contribution >= 0.6 is 0 Å². The summed E-state index contributed by atoms with van der Waals surface area (Å²) in [6.45, 7) is 6.88. The molecule has 0 radical (unpaired) electrons. The van der Waals surface area contributed by atoms with E-state index in [1.54, 1.807) is 6.08 Å². The van der Waals surface area contributed by atoms with Crippen LogP contribution in [0.25, 0.3) is 0 Å². The van der Waals surface area contributed by atoms with Crippen molar-refractivity contribution in [1.29, 1.82) is 0 Å². The van der Waals surface area contributed by atoms with Gasteiger partial charge in [0.15, 0.2) is 0 Å². The monoisotopic (exact) mass is 247 g/mol. The first-order valence-electron chi connectivity index (χ1n) is 6.55. The molecule has 100 valence electrons. The second kappa shape index (κ2) is 11.9. The maximum absolute atomic E-state index is 11.3. The highest BCUT2D eigenvalue weighted by Crippen LogP contribution is 1.94. The van der Waals surface area contributed by atoms with Crippen LogP contribution in [0.5, 0.6) is 0 Å². The van der Waals surface area contributed by atoms with Gasteiger partial charge in [0, 0.05) is 6.54 Å². The van der Waals surface area contributed by atoms with Gasteiger partial charge in [0.2, 0.25) is 5.91 Å². The predicted octanol–water partition coefficient (Wildman–Crippen LogP) is 3.78. The van der Waals surface area contributed by atoms with Crippen LogP contribution in [0, 0.1) is 5.92 Å². The number of nitrogens with one attached hydrogen (secondary N) is 1. The summed E-state index contributed by atoms with van der Waals surface area (Å²) in [5.74, 6) is 0.495. The van der Waals surface area contributed by atoms with Gasteiger partial charge in [-0.2, -0.15) is 0 Å². The summed E-state index contributed by atoms with van der Waals surface area (Å²) < 4.78 is 0. The number of carbonyl (C=O) groups is 1. The Morgan fingerprint density at radius 3 is 2.39 bits per heavy atom. The quantitative estimate of drug-likeness (QED) is 0.395. The first kappa shape index (κ1) is 16.4. The van der Waals surface area contributed by atoms with Crippen molar-refractivity contribution in [3.63, 3.8) is 0 Å². The van der Waals surface area contributed by atoms with Crippen molar-refractivity contribution in [2.24, 2.45) is 5.92 Å². The predicted molar refractivity (Wildman–Crippen MR) is 79.3 cm³/mol. The maximum Gasteiger partial charge on any atom is 0.243 e. The second-order valence-electron chi connectivity index (χ2n) is 4.46. The number of hydrogen-bond acceptors (Lipinski definition) is 1. The van der Waals surface area contributed by atoms with Gasteiger partial charge in [-0.25, -0.2) is 0 Å². The third-order valence-corrected chi connectivity index (χ3v) is 2.12. The molecule has 0 bridgehead atoms. The minimum atomic E-state index is 0.000610. The molecule has 0 spiro atoms. The Bertz CT molecular complexity index is 322. The van der Waals surface area contributed by atoms with Crippen LogP contribution in [0.3, 0.4) is 0 Å². The van der Waals surface area contributed by atoms with Gasteiger partial charge in [-0.3, -0.25) is 4.79 Å². The van der Waals surface area contributed by atoms with E-state index in [0.29, 0.717) is 5.92 Å². The van der Waals surface area contributed by atoms with Crippen LogP contribution in [0.1, 0.15) is 33.6 Å². The Morgan fingerprint density at radius 2 is 1.72 bits per heavy atom. The van der Waals surface area contributed by atoms with Crippen LogP contribution in [-0.2, 0) is 4.79 Å². The second-order valence-corrected chi connectivity index (χ2v) is 4.46. The fourth-order valence-corrected chi connectivity index (χ4v) is 1.16. The Kier molecular flexibility index (Phi) is 10.9. The van der Waals surface area contributed by atoms with Gasteiger partial charge < -0.3 is 5.32 Å². The molecule has 18 heavy (non-hydrogen) atoms. The largest absolute Gasteiger partial charge is 0.352 e. The number of allylic oxidation sites excluding steroid dienone is 7. The molecule has 0 unspecified atom stereocenters. The topological polar surface area (TPSA) is 29.1 Å². The summed E-state index contributed by atoms with van der Waals surface area (Å²) in [6, 6.07) is 0. The highest BCUT2D eigenvalue weighted by molar-refractivity contribution is 5.87. The van der Waals surface area contributed by atoms with Crippen molar-refractivity contribution in [2.75, 3.05) is 6.54 Å². The molecule has 1 amide bonds. The molecule has 2 heteroatoms. The molecule has 0 heterocycles. The minimum Gasteiger partial charge on any atom is -0.352 e. The molecule has 0 saturated heterocycles. The highest BCUT2D eigenvalue weighted by atomic mass is 16.1. The summed E-state index contributed by atoms with van der Waals surface area (Å²) >= 11 is 0. The minimum absolute atomic E-state index is 0.000610. The number of hydrogen-bond donors (Lipinski definition) is 1. The van der Waals surface area contributed by atoms with Gasteiger partial charge >= 0.3 is 0 Å². The molecule has 2 nitrogen and oxygen atoms in total. The first-order chi connectivity index (χ1) is 8.66. The molecule has 0 aliphatic heterocycles. The molecule has 0 saturated carbocycles. The summed E-state index contributed by atoms with van der Waals surface area (Å²) in [7, 11) is 0. The third kappa shape index (κ3) is 12.5. The fourth-order valence-electron chi connectivity index (χ4n) is 1.16. The molecule has 0 fully saturated rings. The lowest BCUT2D eigenvalue weighted by Gasteiger charge is -2.03. The van der Waals surface area contributed by atoms with Gasteiger partial charge in [-0.15, -0.1) is 0 Å². The van der Waals surface area contributed by atoms with Crippen molar-refractivity contribution in [2.45, 2.75) is 33.6 Å². The van der Waals surface area contributed by atoms with Crippen LogP contribution in [0.4, 0.5) is 0 Å². The Morgan fingerprint density at radius 1 is 1.06 bits per heavy atom. The number of amides is 1. The standard InChI is InChI=1S/C16H25NO/c1-4-5-6-7-8-9-10-11-12-13-16(18)17-14-15(2)3/h4-9,12-13,15H,10-11,14H2,1-3H3,(H,17,18)/b5-4+,7-6+,9-8-,13-12+. The van der Waals surface area contributed by atoms with Gasteiger partial charge in [0.05, 0.1) is 0 Å². The Balaban J connectivity index is 3.61. The lowest BCUT2D eigenvalue weighted by Crippen LogP contribution is -2.25. The van der Waals surface area contributed by atoms with Crippen LogP contribution < -0.4 is 5.32 Å².